The maximum Gasteiger partial charge on any atom is 0.302 e. The number of anilines is 1. The molecular weight excluding hydrogens is 1280 g/mol. The molecule has 21 rings (SSSR count). The van der Waals surface area contributed by atoms with Crippen molar-refractivity contribution in [2.75, 3.05) is 31.7 Å². The van der Waals surface area contributed by atoms with E-state index in [2.05, 4.69) is 123 Å². The lowest BCUT2D eigenvalue weighted by molar-refractivity contribution is -0.148. The highest BCUT2D eigenvalue weighted by atomic mass is 16.5. The number of phenolic OH excluding ortho intramolecular Hbond substituents is 3. The Kier molecular flexibility index (Phi) is 15.7. The Morgan fingerprint density at radius 1 is 0.853 bits per heavy atom. The summed E-state index contributed by atoms with van der Waals surface area (Å²) in [6.07, 6.45) is 37.2. The number of ketones is 2. The molecule has 15 nitrogen and oxygen atoms in total. The molecule has 526 valence electrons. The molecule has 8 heterocycles. The van der Waals surface area contributed by atoms with Crippen LogP contribution in [0.2, 0.25) is 0 Å². The first-order valence-corrected chi connectivity index (χ1v) is 37.6. The van der Waals surface area contributed by atoms with Crippen molar-refractivity contribution >= 4 is 34.0 Å². The van der Waals surface area contributed by atoms with Crippen LogP contribution in [0.5, 0.6) is 34.5 Å². The number of methoxy groups -OCH3 is 1. The zero-order chi connectivity index (χ0) is 69.7. The van der Waals surface area contributed by atoms with Crippen LogP contribution < -0.4 is 19.7 Å². The van der Waals surface area contributed by atoms with Gasteiger partial charge in [0.2, 0.25) is 5.75 Å². The fourth-order valence-corrected chi connectivity index (χ4v) is 23.9. The zero-order valence-electron chi connectivity index (χ0n) is 58.5. The summed E-state index contributed by atoms with van der Waals surface area (Å²) in [7, 11) is 1.53. The fraction of sp³-hybridized carbons (Fsp3) is 0.460. The third kappa shape index (κ3) is 10.1. The first-order chi connectivity index (χ1) is 49.5. The van der Waals surface area contributed by atoms with E-state index in [-0.39, 0.29) is 119 Å². The van der Waals surface area contributed by atoms with Gasteiger partial charge < -0.3 is 59.5 Å². The molecule has 4 spiro atoms. The second-order valence-corrected chi connectivity index (χ2v) is 32.7. The molecule has 9 aliphatic carbocycles. The van der Waals surface area contributed by atoms with Gasteiger partial charge in [-0.1, -0.05) is 97.1 Å². The number of fused-ring (bicyclic) bond motifs is 1. The van der Waals surface area contributed by atoms with Crippen molar-refractivity contribution in [1.82, 2.24) is 14.9 Å². The van der Waals surface area contributed by atoms with Crippen molar-refractivity contribution in [2.24, 2.45) is 57.2 Å². The molecule has 17 bridgehead atoms. The van der Waals surface area contributed by atoms with E-state index < -0.39 is 46.9 Å². The molecule has 0 unspecified atom stereocenters. The molecule has 102 heavy (non-hydrogen) atoms. The van der Waals surface area contributed by atoms with Crippen LogP contribution >= 0.6 is 0 Å². The van der Waals surface area contributed by atoms with Crippen LogP contribution in [0.25, 0.3) is 10.8 Å². The van der Waals surface area contributed by atoms with Crippen LogP contribution in [0.4, 0.5) is 5.69 Å². The SMILES string of the molecule is COc1cc2cc(O)c1Oc1cc(O)cc(c1)C[C@@H]1[C@H](CO)C[C@]34C[C@H]1CCC[C@H]3C[C@]13CC[C@@]5(C1)[C@@H](O)c1ccc6c7cn(c(c17)[C@@H]5C=C[C@H]34)[C@@H]2CC(=O)C[C@H](OC(C)=O)CC[C@@]12C3=CC=C[C@@H]1CC=C[C@@H]2c1c[nH]cc1[C@H](C#CC3)[C@@H](c1cccc(O)c1)C1=CCNC(=C1)N6CCC(C)=O. The lowest BCUT2D eigenvalue weighted by Gasteiger charge is -2.52. The predicted octanol–water partition coefficient (Wildman–Crippen LogP) is 15.7. The number of allylic oxidation sites excluding steroid dienone is 10. The van der Waals surface area contributed by atoms with Gasteiger partial charge in [0, 0.05) is 122 Å². The number of hydrogen-bond acceptors (Lipinski definition) is 13. The van der Waals surface area contributed by atoms with Gasteiger partial charge in [-0.2, -0.15) is 0 Å². The van der Waals surface area contributed by atoms with Gasteiger partial charge in [0.05, 0.1) is 30.9 Å². The molecule has 6 aliphatic heterocycles. The van der Waals surface area contributed by atoms with E-state index in [0.717, 1.165) is 126 Å². The van der Waals surface area contributed by atoms with Crippen molar-refractivity contribution < 1.29 is 54.1 Å². The zero-order valence-corrected chi connectivity index (χ0v) is 58.5. The van der Waals surface area contributed by atoms with Gasteiger partial charge in [-0.15, -0.1) is 0 Å². The molecular formula is C87H92N4O11. The standard InChI is InChI=1S/C87H92N4O11/c1-49(93)25-30-90-73-21-19-66-80-70(73)46-91-74(40-62(97)38-63(101-50(2)94)23-26-87-57-11-6-12-58(87)14-8-18-71(87)69-45-88-44-68(69)65(17-7-13-57)79(52-9-5-16-60(95)34-52)53-24-29-89-78(90)37-53)55-35-75(98)82(76(36-55)100-3)102-64-32-51(31-61(96)39-64)33-67-54-10-4-15-59-43-84-27-28-85(48-84,83(66)99)72(81(80)91)20-22-77(84)86(59,41-54)42-56(67)47-92/h5-6,8-9,11-12,16,18-22,24,31-32,34-37,39,44-46,54,56,58-59,63,65,67,71-72,74,77,79,83,88-89,92,95-96,98-99H,4,10,13-15,23,25-30,33,38,40-43,47-48H2,1-3H3/t54-,56+,58-,59+,63-,65+,67+,71-,72+,74-,77-,79+,83+,84-,85+,86-,87-/m1/s1. The molecule has 15 heteroatoms. The minimum absolute atomic E-state index is 0.00684. The van der Waals surface area contributed by atoms with Gasteiger partial charge in [-0.25, -0.2) is 0 Å². The molecule has 0 radical (unpaired) electrons. The molecule has 2 aromatic heterocycles. The highest BCUT2D eigenvalue weighted by Gasteiger charge is 2.70. The number of hydrogen-bond donors (Lipinski definition) is 7. The normalized spacial score (nSPS) is 34.2. The number of nitrogens with zero attached hydrogens (tertiary/aromatic N) is 2. The summed E-state index contributed by atoms with van der Waals surface area (Å²) in [5, 5.41) is 67.2. The third-order valence-electron chi connectivity index (χ3n) is 27.7. The Balaban J connectivity index is 0.899. The number of phenols is 3. The van der Waals surface area contributed by atoms with E-state index in [4.69, 9.17) is 14.2 Å². The van der Waals surface area contributed by atoms with Crippen LogP contribution in [-0.4, -0.2) is 85.5 Å². The maximum absolute atomic E-state index is 16.3. The number of ether oxygens (including phenoxy) is 3. The summed E-state index contributed by atoms with van der Waals surface area (Å²) in [5.74, 6) is 8.07. The Labute approximate surface area is 596 Å². The van der Waals surface area contributed by atoms with Crippen LogP contribution in [0.15, 0.2) is 157 Å². The van der Waals surface area contributed by atoms with E-state index in [1.54, 1.807) is 31.2 Å². The highest BCUT2D eigenvalue weighted by molar-refractivity contribution is 6.01. The maximum atomic E-state index is 16.3. The summed E-state index contributed by atoms with van der Waals surface area (Å²) >= 11 is 0. The Hall–Kier alpha value is -8.97. The number of dihydropyridines is 1. The van der Waals surface area contributed by atoms with Gasteiger partial charge in [0.15, 0.2) is 11.5 Å². The number of H-pyrrole nitrogens is 1. The van der Waals surface area contributed by atoms with E-state index >= 15 is 4.79 Å². The lowest BCUT2D eigenvalue weighted by atomic mass is 9.53. The van der Waals surface area contributed by atoms with Gasteiger partial charge in [-0.3, -0.25) is 14.4 Å². The van der Waals surface area contributed by atoms with E-state index in [0.29, 0.717) is 55.4 Å². The smallest absolute Gasteiger partial charge is 0.302 e. The number of esters is 1. The second kappa shape index (κ2) is 24.6. The van der Waals surface area contributed by atoms with Gasteiger partial charge in [0.25, 0.3) is 0 Å². The van der Waals surface area contributed by atoms with Crippen molar-refractivity contribution in [3.05, 3.63) is 196 Å². The molecule has 0 amide bonds. The quantitative estimate of drug-likeness (QED) is 0.0450. The number of rotatable bonds is 7. The summed E-state index contributed by atoms with van der Waals surface area (Å²) in [5.41, 5.74) is 7.78. The molecule has 17 atom stereocenters. The van der Waals surface area contributed by atoms with E-state index in [1.807, 2.05) is 24.3 Å². The monoisotopic (exact) mass is 1370 g/mol. The summed E-state index contributed by atoms with van der Waals surface area (Å²) < 4.78 is 21.7. The third-order valence-corrected chi connectivity index (χ3v) is 27.7. The van der Waals surface area contributed by atoms with Crippen molar-refractivity contribution in [3.63, 3.8) is 0 Å². The number of aromatic amines is 1. The Bertz CT molecular complexity index is 4740. The molecule has 4 fully saturated rings. The summed E-state index contributed by atoms with van der Waals surface area (Å²) in [4.78, 5) is 49.4. The molecule has 15 aliphatic rings. The highest BCUT2D eigenvalue weighted by Crippen LogP contribution is 2.79. The second-order valence-electron chi connectivity index (χ2n) is 32.7. The van der Waals surface area contributed by atoms with Crippen molar-refractivity contribution in [1.29, 1.82) is 0 Å². The van der Waals surface area contributed by atoms with Crippen LogP contribution in [0.1, 0.15) is 191 Å². The largest absolute Gasteiger partial charge is 0.508 e. The number of carbonyl (C=O) groups excluding carboxylic acids is 3. The first kappa shape index (κ1) is 65.1. The number of aliphatic hydroxyl groups excluding tert-OH is 2. The number of nitrogens with one attached hydrogen (secondary N) is 2. The van der Waals surface area contributed by atoms with E-state index in [9.17, 15) is 35.1 Å². The molecule has 0 saturated heterocycles. The average molecular weight is 1370 g/mol. The first-order valence-electron chi connectivity index (χ1n) is 37.6. The van der Waals surface area contributed by atoms with Gasteiger partial charge >= 0.3 is 5.97 Å². The van der Waals surface area contributed by atoms with E-state index in [1.165, 1.54) is 19.6 Å². The number of aromatic nitrogens is 2. The van der Waals surface area contributed by atoms with Gasteiger partial charge in [0.1, 0.15) is 40.7 Å². The van der Waals surface area contributed by atoms with Crippen molar-refractivity contribution in [2.45, 2.75) is 165 Å². The van der Waals surface area contributed by atoms with Crippen LogP contribution in [0, 0.1) is 69.0 Å². The topological polar surface area (TPSA) is 216 Å². The number of benzene rings is 4. The van der Waals surface area contributed by atoms with Crippen LogP contribution in [0.3, 0.4) is 0 Å². The Morgan fingerprint density at radius 3 is 2.58 bits per heavy atom. The Morgan fingerprint density at radius 2 is 1.74 bits per heavy atom. The number of carbonyl (C=O) groups is 3. The number of Topliss-reactive ketones (excluding diaryl/α,β-unsaturated/α-hetero) is 2. The molecule has 4 aromatic carbocycles. The number of aromatic hydroxyl groups is 3. The van der Waals surface area contributed by atoms with Crippen molar-refractivity contribution in [3.8, 4) is 46.3 Å². The molecule has 4 saturated carbocycles. The molecule has 6 aromatic rings. The minimum atomic E-state index is -0.888. The lowest BCUT2D eigenvalue weighted by Crippen LogP contribution is -2.46. The average Bonchev–Trinajstić information content (AvgIpc) is 1.50. The van der Waals surface area contributed by atoms with Crippen LogP contribution in [-0.2, 0) is 25.5 Å². The molecule has 7 N–H and O–H groups in total. The number of aliphatic hydroxyl groups is 2. The summed E-state index contributed by atoms with van der Waals surface area (Å²) in [6.45, 7) is 3.81. The predicted molar refractivity (Wildman–Crippen MR) is 389 cm³/mol. The summed E-state index contributed by atoms with van der Waals surface area (Å²) in [6, 6.07) is 19.8. The minimum Gasteiger partial charge on any atom is -0.508 e. The van der Waals surface area contributed by atoms with Gasteiger partial charge in [-0.05, 0) is 211 Å². The fourth-order valence-electron chi connectivity index (χ4n) is 23.9.